The van der Waals surface area contributed by atoms with Crippen LogP contribution in [0.5, 0.6) is 46.0 Å². The molecule has 0 amide bonds. The van der Waals surface area contributed by atoms with Crippen molar-refractivity contribution in [2.45, 2.75) is 61.7 Å². The van der Waals surface area contributed by atoms with Crippen LogP contribution in [0, 0.1) is 5.92 Å². The second kappa shape index (κ2) is 18.4. The van der Waals surface area contributed by atoms with Gasteiger partial charge in [-0.05, 0) is 82.4 Å². The van der Waals surface area contributed by atoms with E-state index in [1.165, 1.54) is 18.2 Å². The largest absolute Gasteiger partial charge is 0.504 e. The first-order chi connectivity index (χ1) is 29.8. The number of fused-ring (bicyclic) bond motifs is 1. The van der Waals surface area contributed by atoms with E-state index in [4.69, 9.17) is 18.9 Å². The summed E-state index contributed by atoms with van der Waals surface area (Å²) in [6.45, 7) is -0.841. The molecule has 1 fully saturated rings. The fraction of sp³-hybridized carbons (Fsp3) is 0.286. The number of esters is 2. The van der Waals surface area contributed by atoms with Crippen LogP contribution in [0.2, 0.25) is 0 Å². The summed E-state index contributed by atoms with van der Waals surface area (Å²) in [7, 11) is 0. The van der Waals surface area contributed by atoms with Gasteiger partial charge in [-0.15, -0.1) is 0 Å². The summed E-state index contributed by atoms with van der Waals surface area (Å²) in [4.78, 5) is 53.9. The Hall–Kier alpha value is -7.30. The van der Waals surface area contributed by atoms with Gasteiger partial charge in [-0.2, -0.15) is 0 Å². The summed E-state index contributed by atoms with van der Waals surface area (Å²) < 4.78 is 22.0. The topological polar surface area (TPSA) is 368 Å². The zero-order valence-corrected chi connectivity index (χ0v) is 32.3. The lowest BCUT2D eigenvalue weighted by molar-refractivity contribution is -0.277. The highest BCUT2D eigenvalue weighted by atomic mass is 16.7. The number of rotatable bonds is 14. The molecule has 0 aromatic heterocycles. The molecular formula is C42H40O21. The minimum atomic E-state index is -2.06. The number of carboxylic acids is 2. The lowest BCUT2D eigenvalue weighted by atomic mass is 9.71. The number of phenolic OH excluding ortho intramolecular Hbond substituents is 7. The quantitative estimate of drug-likeness (QED) is 0.0603. The molecule has 4 aromatic carbocycles. The first-order valence-electron chi connectivity index (χ1n) is 18.7. The summed E-state index contributed by atoms with van der Waals surface area (Å²) in [5, 5.41) is 133. The molecule has 63 heavy (non-hydrogen) atoms. The molecular weight excluding hydrogens is 840 g/mol. The van der Waals surface area contributed by atoms with Gasteiger partial charge in [0, 0.05) is 18.8 Å². The maximum Gasteiger partial charge on any atom is 0.345 e. The zero-order valence-electron chi connectivity index (χ0n) is 32.3. The average Bonchev–Trinajstić information content (AvgIpc) is 3.23. The molecule has 1 heterocycles. The molecule has 13 N–H and O–H groups in total. The number of aliphatic hydroxyl groups is 4. The van der Waals surface area contributed by atoms with Gasteiger partial charge in [0.1, 0.15) is 24.4 Å². The van der Waals surface area contributed by atoms with E-state index < -0.39 is 150 Å². The number of carbonyl (C=O) groups excluding carboxylic acids is 2. The van der Waals surface area contributed by atoms with E-state index in [9.17, 15) is 85.6 Å². The molecule has 0 bridgehead atoms. The Morgan fingerprint density at radius 1 is 0.619 bits per heavy atom. The molecule has 0 saturated carbocycles. The summed E-state index contributed by atoms with van der Waals surface area (Å²) >= 11 is 0. The van der Waals surface area contributed by atoms with Crippen molar-refractivity contribution in [2.24, 2.45) is 5.92 Å². The molecule has 9 atom stereocenters. The number of phenols is 7. The smallest absolute Gasteiger partial charge is 0.345 e. The van der Waals surface area contributed by atoms with Gasteiger partial charge in [0.2, 0.25) is 18.5 Å². The third kappa shape index (κ3) is 9.61. The van der Waals surface area contributed by atoms with Crippen LogP contribution in [-0.2, 0) is 46.2 Å². The molecule has 0 spiro atoms. The van der Waals surface area contributed by atoms with Crippen LogP contribution in [0.25, 0.3) is 6.08 Å². The van der Waals surface area contributed by atoms with Gasteiger partial charge in [-0.1, -0.05) is 18.2 Å². The lowest BCUT2D eigenvalue weighted by Gasteiger charge is -2.39. The number of benzene rings is 4. The Morgan fingerprint density at radius 2 is 1.16 bits per heavy atom. The van der Waals surface area contributed by atoms with Crippen molar-refractivity contribution in [3.8, 4) is 46.0 Å². The van der Waals surface area contributed by atoms with E-state index in [1.807, 2.05) is 0 Å². The molecule has 334 valence electrons. The van der Waals surface area contributed by atoms with Gasteiger partial charge in [-0.25, -0.2) is 14.4 Å². The molecule has 2 aliphatic rings. The predicted octanol–water partition coefficient (Wildman–Crippen LogP) is 0.428. The summed E-state index contributed by atoms with van der Waals surface area (Å²) in [5.74, 6) is -15.1. The van der Waals surface area contributed by atoms with Crippen molar-refractivity contribution in [3.63, 3.8) is 0 Å². The van der Waals surface area contributed by atoms with E-state index in [0.717, 1.165) is 54.6 Å². The SMILES string of the molecule is O=C(O[C@H](Cc1ccc(O)c(O)c1)C(=O)O)C1=Cc2cc(O)c(O[C@@H]3O[C@H](CO)[C@@H](O)[C@H](O)[C@H]3O)cc2[C@@H](c2ccc(O)c(O)c2)C1C(=O)O[C@H](Cc1ccc(O)c(O)c1)C(=O)O. The van der Waals surface area contributed by atoms with E-state index in [2.05, 4.69) is 0 Å². The minimum absolute atomic E-state index is 0.0599. The molecule has 1 aliphatic carbocycles. The van der Waals surface area contributed by atoms with Crippen LogP contribution < -0.4 is 4.74 Å². The Labute approximate surface area is 354 Å². The van der Waals surface area contributed by atoms with Gasteiger partial charge in [0.05, 0.1) is 18.1 Å². The number of aromatic hydroxyl groups is 7. The Kier molecular flexibility index (Phi) is 13.2. The second-order valence-electron chi connectivity index (χ2n) is 14.6. The summed E-state index contributed by atoms with van der Waals surface area (Å²) in [5.41, 5.74) is -0.833. The Balaban J connectivity index is 1.49. The number of hydrogen-bond donors (Lipinski definition) is 13. The highest BCUT2D eigenvalue weighted by molar-refractivity contribution is 6.03. The third-order valence-corrected chi connectivity index (χ3v) is 10.4. The molecule has 0 radical (unpaired) electrons. The maximum atomic E-state index is 14.6. The van der Waals surface area contributed by atoms with Crippen molar-refractivity contribution >= 4 is 30.0 Å². The van der Waals surface area contributed by atoms with Crippen molar-refractivity contribution in [3.05, 3.63) is 100 Å². The standard InChI is InChI=1S/C42H40O21/c43-15-32-35(51)36(52)37(53)42(63-32)62-29-14-20-19(13-28(29)50)11-21(40(58)60-30(38(54)55)9-16-1-4-22(44)25(47)7-16)34(33(20)18-3-6-24(46)27(49)12-18)41(59)61-31(39(56)57)10-17-2-5-23(45)26(48)8-17/h1-8,11-14,30-37,42-53H,9-10,15H2,(H,54,55)(H,56,57)/t30-,31-,32-,33-,34?,35-,36+,37-,42-/m1/s1. The normalized spacial score (nSPS) is 22.7. The zero-order chi connectivity index (χ0) is 46.0. The average molecular weight is 881 g/mol. The van der Waals surface area contributed by atoms with E-state index in [-0.39, 0.29) is 27.8 Å². The van der Waals surface area contributed by atoms with Gasteiger partial charge < -0.3 is 85.3 Å². The molecule has 1 aliphatic heterocycles. The predicted molar refractivity (Wildman–Crippen MR) is 208 cm³/mol. The highest BCUT2D eigenvalue weighted by Crippen LogP contribution is 2.49. The van der Waals surface area contributed by atoms with Crippen LogP contribution in [0.4, 0.5) is 0 Å². The monoisotopic (exact) mass is 880 g/mol. The van der Waals surface area contributed by atoms with Crippen LogP contribution in [0.1, 0.15) is 33.7 Å². The van der Waals surface area contributed by atoms with E-state index in [1.54, 1.807) is 0 Å². The van der Waals surface area contributed by atoms with Crippen molar-refractivity contribution in [1.29, 1.82) is 0 Å². The lowest BCUT2D eigenvalue weighted by Crippen LogP contribution is -2.60. The number of aliphatic hydroxyl groups excluding tert-OH is 4. The summed E-state index contributed by atoms with van der Waals surface area (Å²) in [6.07, 6.45) is -13.3. The molecule has 6 rings (SSSR count). The molecule has 4 aromatic rings. The van der Waals surface area contributed by atoms with Crippen molar-refractivity contribution in [1.82, 2.24) is 0 Å². The van der Waals surface area contributed by atoms with Crippen molar-refractivity contribution in [2.75, 3.05) is 6.61 Å². The Bertz CT molecular complexity index is 2440. The van der Waals surface area contributed by atoms with E-state index >= 15 is 0 Å². The molecule has 1 unspecified atom stereocenters. The van der Waals surface area contributed by atoms with Gasteiger partial charge in [0.15, 0.2) is 46.0 Å². The maximum absolute atomic E-state index is 14.6. The minimum Gasteiger partial charge on any atom is -0.504 e. The first kappa shape index (κ1) is 45.2. The molecule has 21 heteroatoms. The number of aliphatic carboxylic acids is 2. The van der Waals surface area contributed by atoms with Crippen LogP contribution in [-0.4, -0.2) is 140 Å². The van der Waals surface area contributed by atoms with Crippen LogP contribution in [0.15, 0.2) is 72.3 Å². The number of carboxylic acid groups (broad SMARTS) is 2. The second-order valence-corrected chi connectivity index (χ2v) is 14.6. The van der Waals surface area contributed by atoms with E-state index in [0.29, 0.717) is 0 Å². The highest BCUT2D eigenvalue weighted by Gasteiger charge is 2.47. The fourth-order valence-corrected chi connectivity index (χ4v) is 7.14. The third-order valence-electron chi connectivity index (χ3n) is 10.4. The number of carbonyl (C=O) groups is 4. The van der Waals surface area contributed by atoms with Crippen molar-refractivity contribution < 1.29 is 105 Å². The summed E-state index contributed by atoms with van der Waals surface area (Å²) in [6, 6.07) is 11.8. The van der Waals surface area contributed by atoms with Crippen LogP contribution in [0.3, 0.4) is 0 Å². The fourth-order valence-electron chi connectivity index (χ4n) is 7.14. The number of ether oxygens (including phenoxy) is 4. The van der Waals surface area contributed by atoms with Gasteiger partial charge in [-0.3, -0.25) is 4.79 Å². The van der Waals surface area contributed by atoms with Gasteiger partial charge >= 0.3 is 23.9 Å². The first-order valence-corrected chi connectivity index (χ1v) is 18.7. The molecule has 1 saturated heterocycles. The Morgan fingerprint density at radius 3 is 1.68 bits per heavy atom. The molecule has 21 nitrogen and oxygen atoms in total. The van der Waals surface area contributed by atoms with Crippen LogP contribution >= 0.6 is 0 Å². The number of hydrogen-bond acceptors (Lipinski definition) is 19. The van der Waals surface area contributed by atoms with Gasteiger partial charge in [0.25, 0.3) is 0 Å².